The normalized spacial score (nSPS) is 10.9. The topological polar surface area (TPSA) is 59.3 Å². The quantitative estimate of drug-likeness (QED) is 0.281. The molecule has 0 fully saturated rings. The Morgan fingerprint density at radius 3 is 2.53 bits per heavy atom. The van der Waals surface area contributed by atoms with E-state index in [1.165, 1.54) is 13.2 Å². The molecule has 0 saturated heterocycles. The summed E-state index contributed by atoms with van der Waals surface area (Å²) in [4.78, 5) is 11.5. The van der Waals surface area contributed by atoms with Crippen LogP contribution in [0.5, 0.6) is 5.75 Å². The smallest absolute Gasteiger partial charge is 0.348 e. The van der Waals surface area contributed by atoms with Gasteiger partial charge in [-0.15, -0.1) is 0 Å². The van der Waals surface area contributed by atoms with Crippen molar-refractivity contribution >= 4 is 23.6 Å². The zero-order chi connectivity index (χ0) is 21.5. The Morgan fingerprint density at radius 1 is 1.10 bits per heavy atom. The average molecular weight is 418 g/mol. The first kappa shape index (κ1) is 21.2. The molecule has 4 nitrogen and oxygen atoms in total. The lowest BCUT2D eigenvalue weighted by Crippen LogP contribution is -2.02. The van der Waals surface area contributed by atoms with E-state index in [0.29, 0.717) is 22.9 Å². The first-order chi connectivity index (χ1) is 14.5. The van der Waals surface area contributed by atoms with Crippen LogP contribution < -0.4 is 4.74 Å². The highest BCUT2D eigenvalue weighted by Crippen LogP contribution is 2.29. The van der Waals surface area contributed by atoms with Crippen molar-refractivity contribution in [3.8, 4) is 22.9 Å². The summed E-state index contributed by atoms with van der Waals surface area (Å²) in [6.45, 7) is 2.44. The van der Waals surface area contributed by atoms with E-state index < -0.39 is 5.97 Å². The van der Waals surface area contributed by atoms with Crippen molar-refractivity contribution in [2.45, 2.75) is 13.5 Å². The van der Waals surface area contributed by atoms with Gasteiger partial charge < -0.3 is 9.47 Å². The number of ether oxygens (including phenoxy) is 2. The summed E-state index contributed by atoms with van der Waals surface area (Å²) >= 11 is 6.35. The summed E-state index contributed by atoms with van der Waals surface area (Å²) in [6, 6.07) is 23.3. The number of nitrogens with zero attached hydrogens (tertiary/aromatic N) is 1. The third kappa shape index (κ3) is 4.89. The maximum atomic E-state index is 11.5. The summed E-state index contributed by atoms with van der Waals surface area (Å²) < 4.78 is 10.5. The Hall–Kier alpha value is -3.55. The molecule has 0 radical (unpaired) electrons. The number of methoxy groups -OCH3 is 1. The van der Waals surface area contributed by atoms with Crippen molar-refractivity contribution in [1.82, 2.24) is 0 Å². The second-order valence-electron chi connectivity index (χ2n) is 6.60. The van der Waals surface area contributed by atoms with Gasteiger partial charge in [0.05, 0.1) is 12.1 Å². The van der Waals surface area contributed by atoms with E-state index in [9.17, 15) is 4.79 Å². The van der Waals surface area contributed by atoms with Crippen molar-refractivity contribution in [2.24, 2.45) is 0 Å². The summed E-state index contributed by atoms with van der Waals surface area (Å²) in [5.41, 5.74) is 5.04. The van der Waals surface area contributed by atoms with Gasteiger partial charge in [-0.3, -0.25) is 0 Å². The molecule has 0 aromatic heterocycles. The predicted octanol–water partition coefficient (Wildman–Crippen LogP) is 5.97. The Labute approximate surface area is 180 Å². The molecule has 30 heavy (non-hydrogen) atoms. The number of carbonyl (C=O) groups excluding carboxylic acids is 1. The number of esters is 1. The van der Waals surface area contributed by atoms with Gasteiger partial charge in [-0.1, -0.05) is 66.2 Å². The van der Waals surface area contributed by atoms with Crippen LogP contribution in [0, 0.1) is 18.3 Å². The van der Waals surface area contributed by atoms with Crippen molar-refractivity contribution in [2.75, 3.05) is 7.11 Å². The van der Waals surface area contributed by atoms with Gasteiger partial charge in [0.1, 0.15) is 24.0 Å². The third-order valence-electron chi connectivity index (χ3n) is 4.71. The molecule has 0 saturated carbocycles. The zero-order valence-corrected chi connectivity index (χ0v) is 17.4. The number of benzene rings is 3. The molecule has 0 aliphatic heterocycles. The van der Waals surface area contributed by atoms with Crippen LogP contribution >= 0.6 is 11.6 Å². The Bertz CT molecular complexity index is 1130. The van der Waals surface area contributed by atoms with Gasteiger partial charge in [0.25, 0.3) is 0 Å². The molecular formula is C25H20ClNO3. The highest BCUT2D eigenvalue weighted by molar-refractivity contribution is 6.32. The van der Waals surface area contributed by atoms with E-state index in [1.54, 1.807) is 18.2 Å². The molecular weight excluding hydrogens is 398 g/mol. The second kappa shape index (κ2) is 9.78. The molecule has 0 aliphatic carbocycles. The molecule has 0 bridgehead atoms. The van der Waals surface area contributed by atoms with Gasteiger partial charge >= 0.3 is 5.97 Å². The number of halogens is 1. The van der Waals surface area contributed by atoms with Gasteiger partial charge in [0.2, 0.25) is 0 Å². The summed E-state index contributed by atoms with van der Waals surface area (Å²) in [5, 5.41) is 9.47. The predicted molar refractivity (Wildman–Crippen MR) is 118 cm³/mol. The van der Waals surface area contributed by atoms with Gasteiger partial charge in [0.15, 0.2) is 0 Å². The molecule has 0 atom stereocenters. The van der Waals surface area contributed by atoms with Crippen LogP contribution in [0.15, 0.2) is 72.3 Å². The minimum absolute atomic E-state index is 0.101. The minimum atomic E-state index is -0.692. The summed E-state index contributed by atoms with van der Waals surface area (Å²) in [5.74, 6) is -0.169. The molecule has 3 rings (SSSR count). The molecule has 3 aromatic carbocycles. The summed E-state index contributed by atoms with van der Waals surface area (Å²) in [6.07, 6.45) is 1.43. The number of carbonyl (C=O) groups is 1. The van der Waals surface area contributed by atoms with Crippen LogP contribution in [-0.2, 0) is 16.1 Å². The maximum Gasteiger partial charge on any atom is 0.348 e. The molecule has 0 spiro atoms. The maximum absolute atomic E-state index is 11.5. The van der Waals surface area contributed by atoms with Crippen molar-refractivity contribution < 1.29 is 14.3 Å². The van der Waals surface area contributed by atoms with E-state index >= 15 is 0 Å². The van der Waals surface area contributed by atoms with Crippen LogP contribution in [-0.4, -0.2) is 13.1 Å². The number of nitriles is 1. The average Bonchev–Trinajstić information content (AvgIpc) is 2.77. The fourth-order valence-electron chi connectivity index (χ4n) is 3.06. The SMILES string of the molecule is COC(=O)C(C#N)=Cc1ccc(OCc2cccc(-c3ccccc3)c2C)c(Cl)c1. The van der Waals surface area contributed by atoms with Crippen LogP contribution in [0.25, 0.3) is 17.2 Å². The van der Waals surface area contributed by atoms with Crippen LogP contribution in [0.3, 0.4) is 0 Å². The van der Waals surface area contributed by atoms with Crippen LogP contribution in [0.1, 0.15) is 16.7 Å². The highest BCUT2D eigenvalue weighted by Gasteiger charge is 2.11. The van der Waals surface area contributed by atoms with E-state index in [-0.39, 0.29) is 5.57 Å². The molecule has 3 aromatic rings. The lowest BCUT2D eigenvalue weighted by molar-refractivity contribution is -0.135. The van der Waals surface area contributed by atoms with Crippen molar-refractivity contribution in [3.63, 3.8) is 0 Å². The molecule has 0 heterocycles. The van der Waals surface area contributed by atoms with Gasteiger partial charge in [0, 0.05) is 0 Å². The van der Waals surface area contributed by atoms with E-state index in [2.05, 4.69) is 29.9 Å². The molecule has 0 aliphatic rings. The highest BCUT2D eigenvalue weighted by atomic mass is 35.5. The third-order valence-corrected chi connectivity index (χ3v) is 5.00. The molecule has 150 valence electrons. The van der Waals surface area contributed by atoms with Gasteiger partial charge in [-0.05, 0) is 52.9 Å². The van der Waals surface area contributed by atoms with Crippen molar-refractivity contribution in [3.05, 3.63) is 94.0 Å². The second-order valence-corrected chi connectivity index (χ2v) is 7.00. The van der Waals surface area contributed by atoms with E-state index in [1.807, 2.05) is 36.4 Å². The Balaban J connectivity index is 1.78. The fraction of sp³-hybridized carbons (Fsp3) is 0.120. The molecule has 5 heteroatoms. The van der Waals surface area contributed by atoms with Crippen LogP contribution in [0.2, 0.25) is 5.02 Å². The van der Waals surface area contributed by atoms with Crippen molar-refractivity contribution in [1.29, 1.82) is 5.26 Å². The van der Waals surface area contributed by atoms with E-state index in [0.717, 1.165) is 22.3 Å². The van der Waals surface area contributed by atoms with Crippen LogP contribution in [0.4, 0.5) is 0 Å². The monoisotopic (exact) mass is 417 g/mol. The first-order valence-electron chi connectivity index (χ1n) is 9.30. The lowest BCUT2D eigenvalue weighted by atomic mass is 9.97. The minimum Gasteiger partial charge on any atom is -0.487 e. The van der Waals surface area contributed by atoms with E-state index in [4.69, 9.17) is 21.6 Å². The molecule has 0 amide bonds. The Morgan fingerprint density at radius 2 is 1.87 bits per heavy atom. The largest absolute Gasteiger partial charge is 0.487 e. The number of hydrogen-bond donors (Lipinski definition) is 0. The number of hydrogen-bond acceptors (Lipinski definition) is 4. The standard InChI is InChI=1S/C25H20ClNO3/c1-17-20(9-6-10-22(17)19-7-4-3-5-8-19)16-30-24-12-11-18(14-23(24)26)13-21(15-27)25(28)29-2/h3-14H,16H2,1-2H3. The van der Waals surface area contributed by atoms with Gasteiger partial charge in [-0.2, -0.15) is 5.26 Å². The first-order valence-corrected chi connectivity index (χ1v) is 9.67. The summed E-state index contributed by atoms with van der Waals surface area (Å²) in [7, 11) is 1.23. The van der Waals surface area contributed by atoms with Gasteiger partial charge in [-0.25, -0.2) is 4.79 Å². The molecule has 0 N–H and O–H groups in total. The molecule has 0 unspecified atom stereocenters. The lowest BCUT2D eigenvalue weighted by Gasteiger charge is -2.14. The fourth-order valence-corrected chi connectivity index (χ4v) is 3.31. The zero-order valence-electron chi connectivity index (χ0n) is 16.7. The Kier molecular flexibility index (Phi) is 6.90. The number of rotatable bonds is 6.